The Balaban J connectivity index is 1.67. The summed E-state index contributed by atoms with van der Waals surface area (Å²) < 4.78 is 11.2. The Morgan fingerprint density at radius 2 is 1.88 bits per heavy atom. The summed E-state index contributed by atoms with van der Waals surface area (Å²) >= 11 is 0. The lowest BCUT2D eigenvalue weighted by molar-refractivity contribution is -0.150. The summed E-state index contributed by atoms with van der Waals surface area (Å²) in [6.45, 7) is 15.8. The minimum absolute atomic E-state index is 0.0459. The highest BCUT2D eigenvalue weighted by molar-refractivity contribution is 5.90. The van der Waals surface area contributed by atoms with Gasteiger partial charge in [-0.3, -0.25) is 9.69 Å². The van der Waals surface area contributed by atoms with Gasteiger partial charge < -0.3 is 24.8 Å². The summed E-state index contributed by atoms with van der Waals surface area (Å²) in [5, 5.41) is 12.6. The van der Waals surface area contributed by atoms with Crippen LogP contribution in [0.15, 0.2) is 43.0 Å². The molecule has 0 bridgehead atoms. The molecule has 3 unspecified atom stereocenters. The fraction of sp³-hybridized carbons (Fsp3) is 0.562. The quantitative estimate of drug-likeness (QED) is 0.369. The number of amides is 3. The average Bonchev–Trinajstić information content (AvgIpc) is 3.54. The summed E-state index contributed by atoms with van der Waals surface area (Å²) in [6, 6.07) is 3.67. The van der Waals surface area contributed by atoms with Gasteiger partial charge in [0, 0.05) is 24.9 Å². The van der Waals surface area contributed by atoms with Gasteiger partial charge in [-0.1, -0.05) is 71.0 Å². The number of fused-ring (bicyclic) bond motifs is 1. The van der Waals surface area contributed by atoms with Crippen molar-refractivity contribution in [2.45, 2.75) is 92.1 Å². The van der Waals surface area contributed by atoms with Crippen LogP contribution >= 0.6 is 0 Å². The number of hydrogen-bond donors (Lipinski definition) is 2. The predicted molar refractivity (Wildman–Crippen MR) is 159 cm³/mol. The molecular weight excluding hydrogens is 538 g/mol. The van der Waals surface area contributed by atoms with Crippen LogP contribution < -0.4 is 5.32 Å². The maximum atomic E-state index is 13.7. The Morgan fingerprint density at radius 3 is 2.50 bits per heavy atom. The van der Waals surface area contributed by atoms with E-state index in [0.717, 1.165) is 16.7 Å². The molecule has 1 aromatic carbocycles. The molecule has 0 radical (unpaired) electrons. The van der Waals surface area contributed by atoms with E-state index in [1.54, 1.807) is 25.7 Å². The molecule has 10 nitrogen and oxygen atoms in total. The van der Waals surface area contributed by atoms with E-state index in [0.29, 0.717) is 25.9 Å². The molecule has 1 aromatic rings. The molecular formula is C32H45N3O7. The number of benzene rings is 1. The van der Waals surface area contributed by atoms with Gasteiger partial charge in [-0.2, -0.15) is 0 Å². The van der Waals surface area contributed by atoms with Crippen molar-refractivity contribution in [3.63, 3.8) is 0 Å². The molecule has 0 spiro atoms. The van der Waals surface area contributed by atoms with E-state index in [1.807, 2.05) is 57.2 Å². The molecule has 3 rings (SSSR count). The lowest BCUT2D eigenvalue weighted by atomic mass is 9.85. The molecule has 230 valence electrons. The van der Waals surface area contributed by atoms with Gasteiger partial charge in [-0.15, -0.1) is 6.58 Å². The standard InChI is InChI=1S/C32H45N3O7/c1-8-10-15-32(6,7)20-41-29(39)33-26(31(3,4)5)27(36)35-18-23(16-25(35)28(37)38)42-30(40)34-17-22-14-11-13-21(12-9-2)24(22)19-34/h8-11,13-14,23,25-26H,2,12,15-20H2,1,3-7H3,(H,33,39)(H,37,38). The number of nitrogens with one attached hydrogen (secondary N) is 1. The molecule has 0 aliphatic carbocycles. The molecule has 42 heavy (non-hydrogen) atoms. The van der Waals surface area contributed by atoms with Crippen LogP contribution in [0.1, 0.15) is 71.1 Å². The molecule has 10 heteroatoms. The molecule has 2 aliphatic heterocycles. The fourth-order valence-corrected chi connectivity index (χ4v) is 5.28. The first kappa shape index (κ1) is 32.7. The molecule has 2 aliphatic rings. The minimum Gasteiger partial charge on any atom is -0.480 e. The van der Waals surface area contributed by atoms with Crippen LogP contribution in [0.5, 0.6) is 0 Å². The maximum absolute atomic E-state index is 13.7. The minimum atomic E-state index is -1.20. The van der Waals surface area contributed by atoms with Gasteiger partial charge in [-0.25, -0.2) is 14.4 Å². The van der Waals surface area contributed by atoms with Crippen LogP contribution in [0.25, 0.3) is 0 Å². The van der Waals surface area contributed by atoms with Gasteiger partial charge in [0.1, 0.15) is 18.2 Å². The van der Waals surface area contributed by atoms with E-state index in [4.69, 9.17) is 9.47 Å². The van der Waals surface area contributed by atoms with Gasteiger partial charge in [0.15, 0.2) is 0 Å². The summed E-state index contributed by atoms with van der Waals surface area (Å²) in [6.07, 6.45) is 4.98. The van der Waals surface area contributed by atoms with Crippen molar-refractivity contribution < 1.29 is 33.8 Å². The maximum Gasteiger partial charge on any atom is 0.410 e. The summed E-state index contributed by atoms with van der Waals surface area (Å²) in [5.74, 6) is -1.77. The van der Waals surface area contributed by atoms with E-state index < -0.39 is 47.7 Å². The van der Waals surface area contributed by atoms with Crippen LogP contribution in [-0.2, 0) is 38.6 Å². The van der Waals surface area contributed by atoms with Crippen LogP contribution in [0.3, 0.4) is 0 Å². The van der Waals surface area contributed by atoms with Crippen LogP contribution in [0.2, 0.25) is 0 Å². The molecule has 2 N–H and O–H groups in total. The number of hydrogen-bond acceptors (Lipinski definition) is 6. The number of alkyl carbamates (subject to hydrolysis) is 1. The Labute approximate surface area is 248 Å². The number of allylic oxidation sites excluding steroid dienone is 3. The number of aliphatic carboxylic acids is 1. The van der Waals surface area contributed by atoms with E-state index in [2.05, 4.69) is 11.9 Å². The van der Waals surface area contributed by atoms with Crippen molar-refractivity contribution in [2.75, 3.05) is 13.2 Å². The molecule has 1 fully saturated rings. The Bertz CT molecular complexity index is 1220. The van der Waals surface area contributed by atoms with E-state index in [9.17, 15) is 24.3 Å². The zero-order valence-electron chi connectivity index (χ0n) is 25.6. The Hall–Kier alpha value is -3.82. The zero-order valence-corrected chi connectivity index (χ0v) is 25.6. The second-order valence-corrected chi connectivity index (χ2v) is 12.9. The summed E-state index contributed by atoms with van der Waals surface area (Å²) in [4.78, 5) is 54.5. The van der Waals surface area contributed by atoms with Gasteiger partial charge in [0.25, 0.3) is 0 Å². The number of carboxylic acids is 1. The molecule has 2 heterocycles. The van der Waals surface area contributed by atoms with Crippen LogP contribution in [0.4, 0.5) is 9.59 Å². The zero-order chi connectivity index (χ0) is 31.2. The van der Waals surface area contributed by atoms with Crippen molar-refractivity contribution in [2.24, 2.45) is 10.8 Å². The SMILES string of the molecule is C=CCc1cccc2c1CN(C(=O)OC1CC(C(=O)O)N(C(=O)C(NC(=O)OCC(C)(C)CC=CC)C(C)(C)C)C1)C2. The third-order valence-corrected chi connectivity index (χ3v) is 7.68. The highest BCUT2D eigenvalue weighted by Gasteiger charge is 2.46. The van der Waals surface area contributed by atoms with Crippen molar-refractivity contribution in [1.82, 2.24) is 15.1 Å². The predicted octanol–water partition coefficient (Wildman–Crippen LogP) is 5.05. The number of ether oxygens (including phenoxy) is 2. The fourth-order valence-electron chi connectivity index (χ4n) is 5.28. The first-order valence-electron chi connectivity index (χ1n) is 14.4. The normalized spacial score (nSPS) is 19.4. The molecule has 3 atom stereocenters. The van der Waals surface area contributed by atoms with Crippen LogP contribution in [-0.4, -0.2) is 70.3 Å². The van der Waals surface area contributed by atoms with Crippen molar-refractivity contribution >= 4 is 24.1 Å². The second-order valence-electron chi connectivity index (χ2n) is 12.9. The number of nitrogens with zero attached hydrogens (tertiary/aromatic N) is 2. The average molecular weight is 584 g/mol. The van der Waals surface area contributed by atoms with Crippen LogP contribution in [0, 0.1) is 10.8 Å². The number of carboxylic acid groups (broad SMARTS) is 1. The first-order chi connectivity index (χ1) is 19.7. The second kappa shape index (κ2) is 13.4. The lowest BCUT2D eigenvalue weighted by Crippen LogP contribution is -2.57. The highest BCUT2D eigenvalue weighted by atomic mass is 16.6. The first-order valence-corrected chi connectivity index (χ1v) is 14.4. The van der Waals surface area contributed by atoms with E-state index in [-0.39, 0.29) is 25.0 Å². The number of carbonyl (C=O) groups is 4. The highest BCUT2D eigenvalue weighted by Crippen LogP contribution is 2.30. The Kier molecular flexibility index (Phi) is 10.5. The molecule has 0 aromatic heterocycles. The van der Waals surface area contributed by atoms with Gasteiger partial charge in [0.05, 0.1) is 13.2 Å². The molecule has 0 saturated carbocycles. The monoisotopic (exact) mass is 583 g/mol. The third-order valence-electron chi connectivity index (χ3n) is 7.68. The van der Waals surface area contributed by atoms with E-state index >= 15 is 0 Å². The van der Waals surface area contributed by atoms with Crippen molar-refractivity contribution in [1.29, 1.82) is 0 Å². The molecule has 1 saturated heterocycles. The summed E-state index contributed by atoms with van der Waals surface area (Å²) in [5.41, 5.74) is 2.15. The van der Waals surface area contributed by atoms with Gasteiger partial charge >= 0.3 is 18.2 Å². The Morgan fingerprint density at radius 1 is 1.17 bits per heavy atom. The van der Waals surface area contributed by atoms with E-state index in [1.165, 1.54) is 4.90 Å². The number of likely N-dealkylation sites (tertiary alicyclic amines) is 1. The van der Waals surface area contributed by atoms with Gasteiger partial charge in [-0.05, 0) is 41.9 Å². The number of rotatable bonds is 10. The topological polar surface area (TPSA) is 125 Å². The van der Waals surface area contributed by atoms with Crippen molar-refractivity contribution in [3.05, 3.63) is 59.7 Å². The summed E-state index contributed by atoms with van der Waals surface area (Å²) in [7, 11) is 0. The van der Waals surface area contributed by atoms with Crippen molar-refractivity contribution in [3.8, 4) is 0 Å². The van der Waals surface area contributed by atoms with Gasteiger partial charge in [0.2, 0.25) is 5.91 Å². The molecule has 3 amide bonds. The smallest absolute Gasteiger partial charge is 0.410 e. The number of carbonyl (C=O) groups excluding carboxylic acids is 3. The largest absolute Gasteiger partial charge is 0.480 e. The third kappa shape index (κ3) is 8.14. The lowest BCUT2D eigenvalue weighted by Gasteiger charge is -2.34.